The van der Waals surface area contributed by atoms with Crippen molar-refractivity contribution in [2.45, 2.75) is 59.5 Å². The van der Waals surface area contributed by atoms with Crippen molar-refractivity contribution in [3.63, 3.8) is 0 Å². The van der Waals surface area contributed by atoms with Crippen molar-refractivity contribution in [3.05, 3.63) is 0 Å². The molecule has 0 aromatic rings. The van der Waals surface area contributed by atoms with Gasteiger partial charge in [-0.1, -0.05) is 34.6 Å². The molecular weight excluding hydrogens is 342 g/mol. The van der Waals surface area contributed by atoms with Crippen LogP contribution in [0.15, 0.2) is 0 Å². The van der Waals surface area contributed by atoms with Gasteiger partial charge >= 0.3 is 0 Å². The van der Waals surface area contributed by atoms with E-state index >= 15 is 0 Å². The maximum atomic E-state index is 5.69. The second kappa shape index (κ2) is 14.7. The Morgan fingerprint density at radius 1 is 0.889 bits per heavy atom. The summed E-state index contributed by atoms with van der Waals surface area (Å²) in [5, 5.41) is 7.03. The molecule has 1 fully saturated rings. The van der Waals surface area contributed by atoms with Crippen LogP contribution in [0.25, 0.3) is 0 Å². The lowest BCUT2D eigenvalue weighted by atomic mass is 9.97. The van der Waals surface area contributed by atoms with Gasteiger partial charge in [0.05, 0.1) is 39.6 Å². The highest BCUT2D eigenvalue weighted by Crippen LogP contribution is 2.11. The Morgan fingerprint density at radius 2 is 1.44 bits per heavy atom. The Labute approximate surface area is 167 Å². The smallest absolute Gasteiger partial charge is 0.0701 e. The summed E-state index contributed by atoms with van der Waals surface area (Å²) >= 11 is 0. The van der Waals surface area contributed by atoms with Gasteiger partial charge in [0.25, 0.3) is 0 Å². The molecule has 0 aromatic heterocycles. The molecular formula is C21H45N3O3. The fourth-order valence-corrected chi connectivity index (χ4v) is 3.14. The number of nitrogens with zero attached hydrogens (tertiary/aromatic N) is 1. The molecule has 0 radical (unpaired) electrons. The molecule has 2 N–H and O–H groups in total. The van der Waals surface area contributed by atoms with E-state index in [1.807, 2.05) is 0 Å². The number of likely N-dealkylation sites (tertiary alicyclic amines) is 1. The first-order valence-electron chi connectivity index (χ1n) is 10.8. The maximum Gasteiger partial charge on any atom is 0.0701 e. The lowest BCUT2D eigenvalue weighted by Crippen LogP contribution is -2.45. The molecule has 1 saturated heterocycles. The van der Waals surface area contributed by atoms with Crippen LogP contribution in [0.4, 0.5) is 0 Å². The van der Waals surface area contributed by atoms with Crippen LogP contribution in [-0.4, -0.2) is 89.3 Å². The van der Waals surface area contributed by atoms with Crippen LogP contribution >= 0.6 is 0 Å². The van der Waals surface area contributed by atoms with E-state index in [1.165, 1.54) is 25.9 Å². The Bertz CT molecular complexity index is 340. The molecule has 1 aliphatic heterocycles. The van der Waals surface area contributed by atoms with Crippen LogP contribution in [0.5, 0.6) is 0 Å². The van der Waals surface area contributed by atoms with Crippen LogP contribution in [-0.2, 0) is 14.2 Å². The minimum Gasteiger partial charge on any atom is -0.378 e. The summed E-state index contributed by atoms with van der Waals surface area (Å²) in [6.07, 6.45) is 2.49. The second-order valence-electron chi connectivity index (χ2n) is 9.01. The topological polar surface area (TPSA) is 55.0 Å². The number of nitrogens with one attached hydrogen (secondary N) is 2. The van der Waals surface area contributed by atoms with Crippen molar-refractivity contribution < 1.29 is 14.2 Å². The molecule has 0 saturated carbocycles. The van der Waals surface area contributed by atoms with Crippen LogP contribution in [0.2, 0.25) is 0 Å². The molecule has 0 aromatic carbocycles. The van der Waals surface area contributed by atoms with Crippen LogP contribution in [0.1, 0.15) is 47.5 Å². The zero-order valence-corrected chi connectivity index (χ0v) is 18.5. The summed E-state index contributed by atoms with van der Waals surface area (Å²) in [5.41, 5.74) is 0.324. The monoisotopic (exact) mass is 387 g/mol. The zero-order chi connectivity index (χ0) is 20.0. The van der Waals surface area contributed by atoms with E-state index < -0.39 is 0 Å². The van der Waals surface area contributed by atoms with Gasteiger partial charge in [-0.05, 0) is 31.3 Å². The van der Waals surface area contributed by atoms with Gasteiger partial charge in [0.2, 0.25) is 0 Å². The first-order valence-corrected chi connectivity index (χ1v) is 10.8. The summed E-state index contributed by atoms with van der Waals surface area (Å²) in [6, 6.07) is 1.27. The normalized spacial score (nSPS) is 17.1. The van der Waals surface area contributed by atoms with Crippen molar-refractivity contribution in [3.8, 4) is 0 Å². The Hall–Kier alpha value is -0.240. The van der Waals surface area contributed by atoms with Gasteiger partial charge in [0, 0.05) is 31.7 Å². The molecule has 0 atom stereocenters. The Kier molecular flexibility index (Phi) is 13.5. The van der Waals surface area contributed by atoms with Crippen LogP contribution in [0.3, 0.4) is 0 Å². The molecule has 0 amide bonds. The largest absolute Gasteiger partial charge is 0.378 e. The molecule has 27 heavy (non-hydrogen) atoms. The quantitative estimate of drug-likeness (QED) is 0.420. The van der Waals surface area contributed by atoms with Gasteiger partial charge < -0.3 is 29.7 Å². The highest BCUT2D eigenvalue weighted by atomic mass is 16.5. The van der Waals surface area contributed by atoms with Gasteiger partial charge in [0.15, 0.2) is 0 Å². The first-order chi connectivity index (χ1) is 12.9. The van der Waals surface area contributed by atoms with E-state index in [9.17, 15) is 0 Å². The van der Waals surface area contributed by atoms with E-state index in [0.29, 0.717) is 43.9 Å². The number of ether oxygens (including phenoxy) is 3. The predicted molar refractivity (Wildman–Crippen MR) is 113 cm³/mol. The van der Waals surface area contributed by atoms with Crippen molar-refractivity contribution >= 4 is 0 Å². The predicted octanol–water partition coefficient (Wildman–Crippen LogP) is 2.13. The van der Waals surface area contributed by atoms with Gasteiger partial charge in [-0.15, -0.1) is 0 Å². The third-order valence-electron chi connectivity index (χ3n) is 4.53. The summed E-state index contributed by atoms with van der Waals surface area (Å²) < 4.78 is 16.8. The second-order valence-corrected chi connectivity index (χ2v) is 9.01. The molecule has 162 valence electrons. The number of rotatable bonds is 15. The third-order valence-corrected chi connectivity index (χ3v) is 4.53. The summed E-state index contributed by atoms with van der Waals surface area (Å²) in [6.45, 7) is 20.5. The van der Waals surface area contributed by atoms with Crippen LogP contribution in [0, 0.1) is 5.41 Å². The lowest BCUT2D eigenvalue weighted by Gasteiger charge is -2.33. The summed E-state index contributed by atoms with van der Waals surface area (Å²) in [4.78, 5) is 2.50. The first kappa shape index (κ1) is 24.8. The van der Waals surface area contributed by atoms with E-state index in [0.717, 1.165) is 32.8 Å². The van der Waals surface area contributed by atoms with E-state index in [1.54, 1.807) is 0 Å². The fourth-order valence-electron chi connectivity index (χ4n) is 3.14. The molecule has 0 unspecified atom stereocenters. The standard InChI is InChI=1S/C21H45N3O3/c1-19(2)23-20-6-9-24(10-7-20)11-13-26-15-17-27-16-14-25-12-8-22-18-21(3,4)5/h19-20,22-23H,6-18H2,1-5H3. The van der Waals surface area contributed by atoms with Crippen LogP contribution < -0.4 is 10.6 Å². The molecule has 0 aliphatic carbocycles. The van der Waals surface area contributed by atoms with Crippen molar-refractivity contribution in [2.75, 3.05) is 72.4 Å². The maximum absolute atomic E-state index is 5.69. The molecule has 6 heteroatoms. The summed E-state index contributed by atoms with van der Waals surface area (Å²) in [5.74, 6) is 0. The number of hydrogen-bond donors (Lipinski definition) is 2. The molecule has 0 spiro atoms. The highest BCUT2D eigenvalue weighted by Gasteiger charge is 2.18. The SMILES string of the molecule is CC(C)NC1CCN(CCOCCOCCOCCNCC(C)(C)C)CC1. The average Bonchev–Trinajstić information content (AvgIpc) is 2.59. The molecule has 6 nitrogen and oxygen atoms in total. The number of piperidine rings is 1. The highest BCUT2D eigenvalue weighted by molar-refractivity contribution is 4.78. The minimum absolute atomic E-state index is 0.324. The van der Waals surface area contributed by atoms with Crippen molar-refractivity contribution in [1.29, 1.82) is 0 Å². The molecule has 1 heterocycles. The van der Waals surface area contributed by atoms with E-state index in [4.69, 9.17) is 14.2 Å². The van der Waals surface area contributed by atoms with Gasteiger partial charge in [-0.2, -0.15) is 0 Å². The Morgan fingerprint density at radius 3 is 2.00 bits per heavy atom. The van der Waals surface area contributed by atoms with Crippen molar-refractivity contribution in [1.82, 2.24) is 15.5 Å². The minimum atomic E-state index is 0.324. The summed E-state index contributed by atoms with van der Waals surface area (Å²) in [7, 11) is 0. The van der Waals surface area contributed by atoms with Gasteiger partial charge in [-0.25, -0.2) is 0 Å². The molecule has 0 bridgehead atoms. The van der Waals surface area contributed by atoms with Crippen molar-refractivity contribution in [2.24, 2.45) is 5.41 Å². The third kappa shape index (κ3) is 15.4. The van der Waals surface area contributed by atoms with E-state index in [2.05, 4.69) is 50.2 Å². The zero-order valence-electron chi connectivity index (χ0n) is 18.5. The average molecular weight is 388 g/mol. The lowest BCUT2D eigenvalue weighted by molar-refractivity contribution is 0.00967. The fraction of sp³-hybridized carbons (Fsp3) is 1.00. The Balaban J connectivity index is 1.78. The van der Waals surface area contributed by atoms with E-state index in [-0.39, 0.29) is 0 Å². The molecule has 1 aliphatic rings. The van der Waals surface area contributed by atoms with Gasteiger partial charge in [0.1, 0.15) is 0 Å². The van der Waals surface area contributed by atoms with Gasteiger partial charge in [-0.3, -0.25) is 0 Å². The number of hydrogen-bond acceptors (Lipinski definition) is 6. The molecule has 1 rings (SSSR count).